The highest BCUT2D eigenvalue weighted by Gasteiger charge is 2.21. The van der Waals surface area contributed by atoms with Gasteiger partial charge in [-0.25, -0.2) is 8.42 Å². The Labute approximate surface area is 163 Å². The monoisotopic (exact) mass is 393 g/mol. The molecule has 0 aliphatic carbocycles. The lowest BCUT2D eigenvalue weighted by atomic mass is 10.1. The fourth-order valence-electron chi connectivity index (χ4n) is 3.36. The van der Waals surface area contributed by atoms with Crippen molar-refractivity contribution in [1.82, 2.24) is 14.8 Å². The third kappa shape index (κ3) is 3.49. The number of aryl methyl sites for hydroxylation is 1. The Morgan fingerprint density at radius 2 is 1.79 bits per heavy atom. The quantitative estimate of drug-likeness (QED) is 0.733. The Kier molecular flexibility index (Phi) is 4.84. The minimum absolute atomic E-state index is 0.0985. The number of sulfonamides is 1. The summed E-state index contributed by atoms with van der Waals surface area (Å²) < 4.78 is 30.4. The Bertz CT molecular complexity index is 1140. The normalized spacial score (nSPS) is 14.0. The summed E-state index contributed by atoms with van der Waals surface area (Å²) in [4.78, 5) is 0.0985. The van der Waals surface area contributed by atoms with E-state index < -0.39 is 10.0 Å². The molecule has 28 heavy (non-hydrogen) atoms. The highest BCUT2D eigenvalue weighted by Crippen LogP contribution is 2.30. The lowest BCUT2D eigenvalue weighted by Gasteiger charge is -2.13. The Morgan fingerprint density at radius 1 is 1.00 bits per heavy atom. The van der Waals surface area contributed by atoms with E-state index in [1.165, 1.54) is 24.3 Å². The standard InChI is InChI=1S/C20H19N5O2S/c21-14-15-9-11-16(12-10-15)28(26,27)24-18-7-4-3-6-17(18)20-23-22-19-8-2-1-5-13-25(19)20/h3-4,6-7,9-12,24H,1-2,5,8,13H2. The van der Waals surface area contributed by atoms with Crippen LogP contribution < -0.4 is 4.72 Å². The molecule has 3 aromatic rings. The van der Waals surface area contributed by atoms with Crippen LogP contribution in [0, 0.1) is 11.3 Å². The maximum absolute atomic E-state index is 12.8. The van der Waals surface area contributed by atoms with E-state index in [4.69, 9.17) is 5.26 Å². The van der Waals surface area contributed by atoms with Gasteiger partial charge in [-0.1, -0.05) is 18.6 Å². The van der Waals surface area contributed by atoms with Crippen LogP contribution in [-0.2, 0) is 23.0 Å². The number of nitriles is 1. The molecule has 0 fully saturated rings. The van der Waals surface area contributed by atoms with Crippen molar-refractivity contribution < 1.29 is 8.42 Å². The number of rotatable bonds is 4. The molecular formula is C20H19N5O2S. The summed E-state index contributed by atoms with van der Waals surface area (Å²) in [5.74, 6) is 1.62. The van der Waals surface area contributed by atoms with E-state index in [9.17, 15) is 8.42 Å². The molecule has 0 saturated carbocycles. The summed E-state index contributed by atoms with van der Waals surface area (Å²) >= 11 is 0. The zero-order valence-electron chi connectivity index (χ0n) is 15.2. The fourth-order valence-corrected chi connectivity index (χ4v) is 4.44. The predicted octanol–water partition coefficient (Wildman–Crippen LogP) is 3.34. The van der Waals surface area contributed by atoms with Gasteiger partial charge in [-0.3, -0.25) is 4.72 Å². The molecule has 0 saturated heterocycles. The van der Waals surface area contributed by atoms with Crippen molar-refractivity contribution in [1.29, 1.82) is 5.26 Å². The van der Waals surface area contributed by atoms with Gasteiger partial charge in [0, 0.05) is 18.5 Å². The Morgan fingerprint density at radius 3 is 2.57 bits per heavy atom. The molecule has 4 rings (SSSR count). The van der Waals surface area contributed by atoms with Gasteiger partial charge in [0.25, 0.3) is 10.0 Å². The fraction of sp³-hybridized carbons (Fsp3) is 0.250. The molecule has 7 nitrogen and oxygen atoms in total. The number of aromatic nitrogens is 3. The van der Waals surface area contributed by atoms with Crippen LogP contribution in [0.5, 0.6) is 0 Å². The predicted molar refractivity (Wildman–Crippen MR) is 105 cm³/mol. The van der Waals surface area contributed by atoms with Crippen LogP contribution in [0.15, 0.2) is 53.4 Å². The maximum atomic E-state index is 12.8. The summed E-state index contributed by atoms with van der Waals surface area (Å²) in [6.45, 7) is 0.828. The van der Waals surface area contributed by atoms with E-state index in [0.717, 1.165) is 38.1 Å². The van der Waals surface area contributed by atoms with Crippen molar-refractivity contribution >= 4 is 15.7 Å². The number of hydrogen-bond acceptors (Lipinski definition) is 5. The Hall–Kier alpha value is -3.18. The van der Waals surface area contributed by atoms with Crippen LogP contribution in [0.25, 0.3) is 11.4 Å². The van der Waals surface area contributed by atoms with Crippen molar-refractivity contribution in [2.75, 3.05) is 4.72 Å². The number of nitrogens with one attached hydrogen (secondary N) is 1. The second kappa shape index (κ2) is 7.44. The van der Waals surface area contributed by atoms with E-state index in [1.807, 2.05) is 18.2 Å². The first-order valence-electron chi connectivity index (χ1n) is 9.13. The molecule has 142 valence electrons. The molecule has 1 aliphatic heterocycles. The summed E-state index contributed by atoms with van der Waals surface area (Å²) in [5, 5.41) is 17.5. The van der Waals surface area contributed by atoms with E-state index in [2.05, 4.69) is 19.5 Å². The summed E-state index contributed by atoms with van der Waals surface area (Å²) in [5.41, 5.74) is 1.55. The minimum atomic E-state index is -3.80. The molecule has 0 spiro atoms. The number of benzene rings is 2. The van der Waals surface area contributed by atoms with E-state index in [0.29, 0.717) is 22.6 Å². The van der Waals surface area contributed by atoms with E-state index in [-0.39, 0.29) is 4.90 Å². The zero-order chi connectivity index (χ0) is 19.6. The van der Waals surface area contributed by atoms with Gasteiger partial charge in [0.05, 0.1) is 22.2 Å². The van der Waals surface area contributed by atoms with Gasteiger partial charge in [0.15, 0.2) is 5.82 Å². The van der Waals surface area contributed by atoms with Gasteiger partial charge in [-0.15, -0.1) is 10.2 Å². The lowest BCUT2D eigenvalue weighted by Crippen LogP contribution is -2.14. The van der Waals surface area contributed by atoms with Crippen molar-refractivity contribution in [2.24, 2.45) is 0 Å². The van der Waals surface area contributed by atoms with Gasteiger partial charge in [-0.2, -0.15) is 5.26 Å². The molecule has 0 unspecified atom stereocenters. The van der Waals surface area contributed by atoms with Gasteiger partial charge >= 0.3 is 0 Å². The summed E-state index contributed by atoms with van der Waals surface area (Å²) in [6, 6.07) is 15.0. The van der Waals surface area contributed by atoms with Crippen molar-refractivity contribution in [3.8, 4) is 17.5 Å². The summed E-state index contributed by atoms with van der Waals surface area (Å²) in [7, 11) is -3.80. The van der Waals surface area contributed by atoms with Gasteiger partial charge < -0.3 is 4.57 Å². The molecule has 1 N–H and O–H groups in total. The number of para-hydroxylation sites is 1. The van der Waals surface area contributed by atoms with E-state index >= 15 is 0 Å². The van der Waals surface area contributed by atoms with Crippen LogP contribution in [0.2, 0.25) is 0 Å². The summed E-state index contributed by atoms with van der Waals surface area (Å²) in [6.07, 6.45) is 4.17. The molecule has 0 bridgehead atoms. The van der Waals surface area contributed by atoms with Gasteiger partial charge in [0.1, 0.15) is 5.82 Å². The van der Waals surface area contributed by atoms with Crippen LogP contribution >= 0.6 is 0 Å². The average molecular weight is 393 g/mol. The highest BCUT2D eigenvalue weighted by atomic mass is 32.2. The second-order valence-corrected chi connectivity index (χ2v) is 8.37. The topological polar surface area (TPSA) is 101 Å². The molecule has 2 aromatic carbocycles. The van der Waals surface area contributed by atoms with Crippen LogP contribution in [0.1, 0.15) is 30.7 Å². The SMILES string of the molecule is N#Cc1ccc(S(=O)(=O)Nc2ccccc2-c2nnc3n2CCCCC3)cc1. The van der Waals surface area contributed by atoms with Crippen LogP contribution in [0.3, 0.4) is 0 Å². The second-order valence-electron chi connectivity index (χ2n) is 6.69. The number of fused-ring (bicyclic) bond motifs is 1. The van der Waals surface area contributed by atoms with Crippen molar-refractivity contribution in [2.45, 2.75) is 37.1 Å². The third-order valence-electron chi connectivity index (χ3n) is 4.82. The molecule has 0 atom stereocenters. The number of hydrogen-bond donors (Lipinski definition) is 1. The molecular weight excluding hydrogens is 374 g/mol. The number of anilines is 1. The smallest absolute Gasteiger partial charge is 0.261 e. The van der Waals surface area contributed by atoms with Crippen molar-refractivity contribution in [3.63, 3.8) is 0 Å². The van der Waals surface area contributed by atoms with Crippen molar-refractivity contribution in [3.05, 3.63) is 59.9 Å². The van der Waals surface area contributed by atoms with Gasteiger partial charge in [-0.05, 0) is 49.2 Å². The van der Waals surface area contributed by atoms with Crippen LogP contribution in [-0.4, -0.2) is 23.2 Å². The Balaban J connectivity index is 1.71. The molecule has 1 aromatic heterocycles. The average Bonchev–Trinajstić information content (AvgIpc) is 2.96. The van der Waals surface area contributed by atoms with E-state index in [1.54, 1.807) is 12.1 Å². The molecule has 2 heterocycles. The largest absolute Gasteiger partial charge is 0.311 e. The minimum Gasteiger partial charge on any atom is -0.311 e. The first kappa shape index (κ1) is 18.2. The first-order chi connectivity index (χ1) is 13.6. The highest BCUT2D eigenvalue weighted by molar-refractivity contribution is 7.92. The molecule has 0 radical (unpaired) electrons. The molecule has 1 aliphatic rings. The molecule has 0 amide bonds. The maximum Gasteiger partial charge on any atom is 0.261 e. The first-order valence-corrected chi connectivity index (χ1v) is 10.6. The zero-order valence-corrected chi connectivity index (χ0v) is 16.0. The lowest BCUT2D eigenvalue weighted by molar-refractivity contribution is 0.601. The number of nitrogens with zero attached hydrogens (tertiary/aromatic N) is 4. The third-order valence-corrected chi connectivity index (χ3v) is 6.20. The molecule has 8 heteroatoms. The van der Waals surface area contributed by atoms with Crippen LogP contribution in [0.4, 0.5) is 5.69 Å². The van der Waals surface area contributed by atoms with Gasteiger partial charge in [0.2, 0.25) is 0 Å².